The number of ether oxygens (including phenoxy) is 1. The molecule has 7 nitrogen and oxygen atoms in total. The number of carboxylic acid groups (broad SMARTS) is 2. The van der Waals surface area contributed by atoms with Crippen molar-refractivity contribution in [3.05, 3.63) is 103 Å². The third kappa shape index (κ3) is 22.5. The number of carbonyl (C=O) groups is 3. The maximum absolute atomic E-state index is 10.3. The quantitative estimate of drug-likeness (QED) is 0.402. The first-order chi connectivity index (χ1) is 16.1. The van der Waals surface area contributed by atoms with Crippen LogP contribution in [0.1, 0.15) is 29.2 Å². The molecule has 2 aromatic carbocycles. The molecule has 0 spiro atoms. The Kier molecular flexibility index (Phi) is 23.7. The van der Waals surface area contributed by atoms with Gasteiger partial charge in [-0.1, -0.05) is 93.1 Å². The van der Waals surface area contributed by atoms with Crippen LogP contribution in [0.3, 0.4) is 0 Å². The summed E-state index contributed by atoms with van der Waals surface area (Å²) in [4.78, 5) is 29.1. The number of rotatable bonds is 6. The standard InChI is InChI=1S/C10H10O2.C10H10.C4H6O2.C2H4O2.CH4O/c1-2-8-3-5-9(6-4-8)7-10(11)12;1-3-9-5-7-10(4-2)8-6-9;1-3-4(5)6-2;1-2(3)4;1-2/h2-6H,1,7H2,(H,11,12);3-8H,1-2H2;3H,1H2,2H3;1H3,(H,3,4);2H,1H3. The van der Waals surface area contributed by atoms with E-state index in [9.17, 15) is 9.59 Å². The van der Waals surface area contributed by atoms with E-state index in [0.29, 0.717) is 0 Å². The normalized spacial score (nSPS) is 8.00. The first-order valence-electron chi connectivity index (χ1n) is 9.76. The zero-order chi connectivity index (χ0) is 26.9. The Balaban J connectivity index is -0.000000394. The van der Waals surface area contributed by atoms with Crippen LogP contribution in [0.2, 0.25) is 0 Å². The second kappa shape index (κ2) is 23.4. The number of carbonyl (C=O) groups excluding carboxylic acids is 1. The van der Waals surface area contributed by atoms with Gasteiger partial charge in [-0.25, -0.2) is 4.79 Å². The van der Waals surface area contributed by atoms with Gasteiger partial charge in [-0.05, 0) is 22.3 Å². The van der Waals surface area contributed by atoms with Crippen molar-refractivity contribution in [3.63, 3.8) is 0 Å². The van der Waals surface area contributed by atoms with Crippen LogP contribution >= 0.6 is 0 Å². The van der Waals surface area contributed by atoms with Crippen LogP contribution in [-0.2, 0) is 25.5 Å². The predicted octanol–water partition coefficient (Wildman–Crippen LogP) is 4.97. The molecule has 0 aromatic heterocycles. The number of carboxylic acids is 2. The maximum atomic E-state index is 10.3. The molecule has 0 atom stereocenters. The smallest absolute Gasteiger partial charge is 0.329 e. The minimum absolute atomic E-state index is 0.0808. The number of esters is 1. The first-order valence-corrected chi connectivity index (χ1v) is 9.76. The van der Waals surface area contributed by atoms with Gasteiger partial charge in [0.25, 0.3) is 5.97 Å². The summed E-state index contributed by atoms with van der Waals surface area (Å²) in [6.07, 6.45) is 6.57. The number of aliphatic hydroxyl groups excluding tert-OH is 1. The molecule has 0 unspecified atom stereocenters. The zero-order valence-corrected chi connectivity index (χ0v) is 19.9. The number of aliphatic hydroxyl groups is 1. The minimum Gasteiger partial charge on any atom is -0.481 e. The van der Waals surface area contributed by atoms with E-state index in [0.717, 1.165) is 42.4 Å². The highest BCUT2D eigenvalue weighted by Crippen LogP contribution is 2.06. The van der Waals surface area contributed by atoms with E-state index in [-0.39, 0.29) is 6.42 Å². The molecule has 0 aliphatic carbocycles. The summed E-state index contributed by atoms with van der Waals surface area (Å²) in [5, 5.41) is 22.9. The average Bonchev–Trinajstić information content (AvgIpc) is 2.85. The third-order valence-corrected chi connectivity index (χ3v) is 3.35. The van der Waals surface area contributed by atoms with Crippen LogP contribution in [0.5, 0.6) is 0 Å². The molecule has 2 aromatic rings. The largest absolute Gasteiger partial charge is 0.481 e. The highest BCUT2D eigenvalue weighted by molar-refractivity contribution is 5.80. The summed E-state index contributed by atoms with van der Waals surface area (Å²) in [5.41, 5.74) is 4.11. The molecular formula is C27H34O7. The molecule has 0 aliphatic rings. The van der Waals surface area contributed by atoms with Crippen LogP contribution in [0, 0.1) is 0 Å². The molecule has 0 amide bonds. The lowest BCUT2D eigenvalue weighted by Crippen LogP contribution is -1.99. The van der Waals surface area contributed by atoms with Crippen molar-refractivity contribution in [2.24, 2.45) is 0 Å². The number of methoxy groups -OCH3 is 1. The Morgan fingerprint density at radius 1 is 0.765 bits per heavy atom. The van der Waals surface area contributed by atoms with E-state index in [1.807, 2.05) is 48.6 Å². The van der Waals surface area contributed by atoms with Crippen molar-refractivity contribution in [2.45, 2.75) is 13.3 Å². The highest BCUT2D eigenvalue weighted by Gasteiger charge is 1.98. The Morgan fingerprint density at radius 2 is 1.06 bits per heavy atom. The van der Waals surface area contributed by atoms with Crippen molar-refractivity contribution < 1.29 is 34.4 Å². The lowest BCUT2D eigenvalue weighted by Gasteiger charge is -1.96. The number of aliphatic carboxylic acids is 2. The molecule has 7 heteroatoms. The minimum atomic E-state index is -0.833. The summed E-state index contributed by atoms with van der Waals surface area (Å²) in [6.45, 7) is 15.2. The molecule has 0 saturated carbocycles. The van der Waals surface area contributed by atoms with Crippen molar-refractivity contribution in [3.8, 4) is 0 Å². The molecule has 0 bridgehead atoms. The van der Waals surface area contributed by atoms with Crippen molar-refractivity contribution in [2.75, 3.05) is 14.2 Å². The summed E-state index contributed by atoms with van der Waals surface area (Å²) < 4.78 is 4.14. The lowest BCUT2D eigenvalue weighted by molar-refractivity contribution is -0.136. The number of hydrogen-bond donors (Lipinski definition) is 3. The third-order valence-electron chi connectivity index (χ3n) is 3.35. The zero-order valence-electron chi connectivity index (χ0n) is 19.9. The Morgan fingerprint density at radius 3 is 1.24 bits per heavy atom. The van der Waals surface area contributed by atoms with Gasteiger partial charge < -0.3 is 20.1 Å². The molecule has 0 aliphatic heterocycles. The summed E-state index contributed by atoms with van der Waals surface area (Å²) in [7, 11) is 2.31. The van der Waals surface area contributed by atoms with Gasteiger partial charge in [-0.3, -0.25) is 9.59 Å². The molecule has 0 heterocycles. The van der Waals surface area contributed by atoms with E-state index in [1.54, 1.807) is 18.2 Å². The molecule has 0 saturated heterocycles. The van der Waals surface area contributed by atoms with Crippen LogP contribution < -0.4 is 0 Å². The first kappa shape index (κ1) is 34.4. The van der Waals surface area contributed by atoms with Gasteiger partial charge in [0.1, 0.15) is 0 Å². The van der Waals surface area contributed by atoms with Crippen molar-refractivity contribution >= 4 is 36.1 Å². The van der Waals surface area contributed by atoms with Gasteiger partial charge in [-0.2, -0.15) is 0 Å². The summed E-state index contributed by atoms with van der Waals surface area (Å²) >= 11 is 0. The summed E-state index contributed by atoms with van der Waals surface area (Å²) in [6, 6.07) is 15.4. The van der Waals surface area contributed by atoms with Crippen LogP contribution in [0.15, 0.2) is 80.9 Å². The Hall–Kier alpha value is -4.23. The molecule has 3 N–H and O–H groups in total. The Bertz CT molecular complexity index is 849. The fourth-order valence-electron chi connectivity index (χ4n) is 1.80. The van der Waals surface area contributed by atoms with E-state index in [1.165, 1.54) is 7.11 Å². The maximum Gasteiger partial charge on any atom is 0.329 e. The number of benzene rings is 2. The van der Waals surface area contributed by atoms with E-state index < -0.39 is 17.9 Å². The van der Waals surface area contributed by atoms with Crippen molar-refractivity contribution in [1.29, 1.82) is 0 Å². The molecule has 184 valence electrons. The number of hydrogen-bond acceptors (Lipinski definition) is 5. The van der Waals surface area contributed by atoms with Crippen molar-refractivity contribution in [1.82, 2.24) is 0 Å². The van der Waals surface area contributed by atoms with Crippen LogP contribution in [0.25, 0.3) is 18.2 Å². The Labute approximate surface area is 201 Å². The second-order valence-corrected chi connectivity index (χ2v) is 5.84. The van der Waals surface area contributed by atoms with Gasteiger partial charge in [0.05, 0.1) is 13.5 Å². The average molecular weight is 471 g/mol. The van der Waals surface area contributed by atoms with E-state index in [2.05, 4.69) is 31.1 Å². The van der Waals surface area contributed by atoms with Gasteiger partial charge in [-0.15, -0.1) is 0 Å². The van der Waals surface area contributed by atoms with E-state index in [4.69, 9.17) is 20.1 Å². The van der Waals surface area contributed by atoms with Crippen LogP contribution in [-0.4, -0.2) is 47.4 Å². The fraction of sp³-hybridized carbons (Fsp3) is 0.148. The molecular weight excluding hydrogens is 436 g/mol. The molecule has 34 heavy (non-hydrogen) atoms. The fourth-order valence-corrected chi connectivity index (χ4v) is 1.80. The van der Waals surface area contributed by atoms with Gasteiger partial charge in [0.2, 0.25) is 0 Å². The summed E-state index contributed by atoms with van der Waals surface area (Å²) in [5.74, 6) is -2.03. The highest BCUT2D eigenvalue weighted by atomic mass is 16.5. The molecule has 0 fully saturated rings. The monoisotopic (exact) mass is 470 g/mol. The van der Waals surface area contributed by atoms with Crippen LogP contribution in [0.4, 0.5) is 0 Å². The second-order valence-electron chi connectivity index (χ2n) is 5.84. The SMILES string of the molecule is C=CC(=O)OC.C=Cc1ccc(C=C)cc1.C=Cc1ccc(CC(=O)O)cc1.CC(=O)O.CO. The molecule has 2 rings (SSSR count). The van der Waals surface area contributed by atoms with Gasteiger partial charge in [0, 0.05) is 20.1 Å². The van der Waals surface area contributed by atoms with Gasteiger partial charge in [0.15, 0.2) is 0 Å². The van der Waals surface area contributed by atoms with Gasteiger partial charge >= 0.3 is 11.9 Å². The molecule has 0 radical (unpaired) electrons. The van der Waals surface area contributed by atoms with E-state index >= 15 is 0 Å². The predicted molar refractivity (Wildman–Crippen MR) is 138 cm³/mol. The lowest BCUT2D eigenvalue weighted by atomic mass is 10.1. The topological polar surface area (TPSA) is 121 Å².